The number of aliphatic imine (C=N–C) groups is 1. The number of hydrogen-bond acceptors (Lipinski definition) is 4. The number of carbonyl (C=O) groups is 1. The summed E-state index contributed by atoms with van der Waals surface area (Å²) in [5.41, 5.74) is 2.41. The molecule has 0 unspecified atom stereocenters. The molecule has 0 amide bonds. The Labute approximate surface area is 162 Å². The van der Waals surface area contributed by atoms with Crippen LogP contribution in [-0.2, 0) is 4.79 Å². The van der Waals surface area contributed by atoms with Gasteiger partial charge in [-0.25, -0.2) is 4.79 Å². The molecule has 0 saturated heterocycles. The summed E-state index contributed by atoms with van der Waals surface area (Å²) < 4.78 is 5.27. The zero-order chi connectivity index (χ0) is 19.1. The molecule has 0 aliphatic heterocycles. The van der Waals surface area contributed by atoms with Gasteiger partial charge >= 0.3 is 5.97 Å². The zero-order valence-electron chi connectivity index (χ0n) is 14.2. The van der Waals surface area contributed by atoms with Gasteiger partial charge in [-0.15, -0.1) is 0 Å². The SMILES string of the molecule is O=C(C=Cc1cccc(Cl)c1)Oc1ccc(/C=N/c2ccc(O)cc2)cc1. The molecular weight excluding hydrogens is 362 g/mol. The van der Waals surface area contributed by atoms with Gasteiger partial charge in [0.1, 0.15) is 11.5 Å². The molecule has 0 aliphatic rings. The van der Waals surface area contributed by atoms with Crippen LogP contribution in [0.3, 0.4) is 0 Å². The van der Waals surface area contributed by atoms with Crippen LogP contribution in [0.5, 0.6) is 11.5 Å². The molecule has 0 fully saturated rings. The highest BCUT2D eigenvalue weighted by molar-refractivity contribution is 6.30. The van der Waals surface area contributed by atoms with Crippen LogP contribution in [-0.4, -0.2) is 17.3 Å². The zero-order valence-corrected chi connectivity index (χ0v) is 15.0. The maximum absolute atomic E-state index is 11.9. The van der Waals surface area contributed by atoms with E-state index in [0.717, 1.165) is 16.8 Å². The first-order valence-electron chi connectivity index (χ1n) is 8.17. The third-order valence-electron chi connectivity index (χ3n) is 3.57. The molecule has 3 rings (SSSR count). The van der Waals surface area contributed by atoms with E-state index in [0.29, 0.717) is 10.8 Å². The fourth-order valence-electron chi connectivity index (χ4n) is 2.23. The Hall–Kier alpha value is -3.37. The fourth-order valence-corrected chi connectivity index (χ4v) is 2.43. The van der Waals surface area contributed by atoms with Crippen molar-refractivity contribution in [1.29, 1.82) is 0 Å². The highest BCUT2D eigenvalue weighted by Crippen LogP contribution is 2.17. The lowest BCUT2D eigenvalue weighted by Gasteiger charge is -2.02. The number of ether oxygens (including phenoxy) is 1. The molecule has 5 heteroatoms. The number of esters is 1. The van der Waals surface area contributed by atoms with E-state index in [1.54, 1.807) is 73.0 Å². The van der Waals surface area contributed by atoms with E-state index >= 15 is 0 Å². The molecule has 134 valence electrons. The maximum atomic E-state index is 11.9. The molecule has 4 nitrogen and oxygen atoms in total. The van der Waals surface area contributed by atoms with Gasteiger partial charge in [-0.2, -0.15) is 0 Å². The molecule has 0 atom stereocenters. The average molecular weight is 378 g/mol. The van der Waals surface area contributed by atoms with E-state index in [9.17, 15) is 9.90 Å². The van der Waals surface area contributed by atoms with Crippen LogP contribution in [0.4, 0.5) is 5.69 Å². The van der Waals surface area contributed by atoms with E-state index in [4.69, 9.17) is 16.3 Å². The normalized spacial score (nSPS) is 11.1. The first-order valence-corrected chi connectivity index (χ1v) is 8.55. The highest BCUT2D eigenvalue weighted by atomic mass is 35.5. The van der Waals surface area contributed by atoms with Crippen molar-refractivity contribution in [1.82, 2.24) is 0 Å². The van der Waals surface area contributed by atoms with Gasteiger partial charge in [0.2, 0.25) is 0 Å². The Morgan fingerprint density at radius 3 is 2.41 bits per heavy atom. The Balaban J connectivity index is 1.58. The summed E-state index contributed by atoms with van der Waals surface area (Å²) in [4.78, 5) is 16.2. The van der Waals surface area contributed by atoms with Crippen LogP contribution >= 0.6 is 11.6 Å². The minimum Gasteiger partial charge on any atom is -0.508 e. The minimum atomic E-state index is -0.472. The number of phenolic OH excluding ortho intramolecular Hbond substituents is 1. The topological polar surface area (TPSA) is 58.9 Å². The second kappa shape index (κ2) is 8.83. The minimum absolute atomic E-state index is 0.199. The van der Waals surface area contributed by atoms with Crippen LogP contribution < -0.4 is 4.74 Å². The molecule has 0 radical (unpaired) electrons. The van der Waals surface area contributed by atoms with Gasteiger partial charge in [-0.1, -0.05) is 23.7 Å². The summed E-state index contributed by atoms with van der Waals surface area (Å²) in [6.07, 6.45) is 4.69. The molecule has 0 heterocycles. The summed E-state index contributed by atoms with van der Waals surface area (Å²) in [5.74, 6) is 0.169. The van der Waals surface area contributed by atoms with E-state index in [2.05, 4.69) is 4.99 Å². The Bertz CT molecular complexity index is 977. The summed E-state index contributed by atoms with van der Waals surface area (Å²) >= 11 is 5.90. The molecule has 3 aromatic rings. The molecule has 0 aliphatic carbocycles. The maximum Gasteiger partial charge on any atom is 0.336 e. The molecule has 27 heavy (non-hydrogen) atoms. The number of rotatable bonds is 5. The molecule has 0 aromatic heterocycles. The number of aromatic hydroxyl groups is 1. The van der Waals surface area contributed by atoms with E-state index in [1.165, 1.54) is 6.08 Å². The van der Waals surface area contributed by atoms with Gasteiger partial charge in [0, 0.05) is 17.3 Å². The number of carbonyl (C=O) groups excluding carboxylic acids is 1. The van der Waals surface area contributed by atoms with E-state index in [1.807, 2.05) is 12.1 Å². The third kappa shape index (κ3) is 5.83. The number of phenols is 1. The van der Waals surface area contributed by atoms with Crippen molar-refractivity contribution in [3.05, 3.63) is 95.0 Å². The van der Waals surface area contributed by atoms with Crippen molar-refractivity contribution in [2.45, 2.75) is 0 Å². The highest BCUT2D eigenvalue weighted by Gasteiger charge is 2.01. The fraction of sp³-hybridized carbons (Fsp3) is 0. The lowest BCUT2D eigenvalue weighted by molar-refractivity contribution is -0.128. The van der Waals surface area contributed by atoms with Crippen molar-refractivity contribution < 1.29 is 14.6 Å². The standard InChI is InChI=1S/C22H16ClNO3/c23-18-3-1-2-16(14-18)6-13-22(26)27-21-11-4-17(5-12-21)15-24-19-7-9-20(25)10-8-19/h1-15,25H/b13-6?,24-15+. The largest absolute Gasteiger partial charge is 0.508 e. The number of halogens is 1. The van der Waals surface area contributed by atoms with Gasteiger partial charge in [0.05, 0.1) is 5.69 Å². The monoisotopic (exact) mass is 377 g/mol. The molecule has 1 N–H and O–H groups in total. The van der Waals surface area contributed by atoms with Crippen molar-refractivity contribution in [3.8, 4) is 11.5 Å². The first-order chi connectivity index (χ1) is 13.1. The average Bonchev–Trinajstić information content (AvgIpc) is 2.67. The van der Waals surface area contributed by atoms with Crippen molar-refractivity contribution >= 4 is 35.5 Å². The van der Waals surface area contributed by atoms with Crippen LogP contribution in [0, 0.1) is 0 Å². The molecular formula is C22H16ClNO3. The van der Waals surface area contributed by atoms with Crippen molar-refractivity contribution in [2.24, 2.45) is 4.99 Å². The first kappa shape index (κ1) is 18.4. The van der Waals surface area contributed by atoms with E-state index < -0.39 is 5.97 Å². The van der Waals surface area contributed by atoms with Gasteiger partial charge in [0.15, 0.2) is 0 Å². The van der Waals surface area contributed by atoms with Crippen molar-refractivity contribution in [2.75, 3.05) is 0 Å². The van der Waals surface area contributed by atoms with Crippen LogP contribution in [0.15, 0.2) is 83.9 Å². The summed E-state index contributed by atoms with van der Waals surface area (Å²) in [6.45, 7) is 0. The Morgan fingerprint density at radius 2 is 1.70 bits per heavy atom. The van der Waals surface area contributed by atoms with Gasteiger partial charge in [0.25, 0.3) is 0 Å². The van der Waals surface area contributed by atoms with Crippen LogP contribution in [0.2, 0.25) is 5.02 Å². The second-order valence-electron chi connectivity index (χ2n) is 5.65. The van der Waals surface area contributed by atoms with Crippen LogP contribution in [0.25, 0.3) is 6.08 Å². The third-order valence-corrected chi connectivity index (χ3v) is 3.81. The van der Waals surface area contributed by atoms with Gasteiger partial charge < -0.3 is 9.84 Å². The quantitative estimate of drug-likeness (QED) is 0.280. The smallest absolute Gasteiger partial charge is 0.336 e. The summed E-state index contributed by atoms with van der Waals surface area (Å²) in [7, 11) is 0. The van der Waals surface area contributed by atoms with E-state index in [-0.39, 0.29) is 5.75 Å². The number of benzene rings is 3. The molecule has 0 bridgehead atoms. The predicted molar refractivity (Wildman–Crippen MR) is 108 cm³/mol. The predicted octanol–water partition coefficient (Wildman–Crippen LogP) is 5.42. The van der Waals surface area contributed by atoms with Gasteiger partial charge in [-0.05, 0) is 77.9 Å². The molecule has 3 aromatic carbocycles. The van der Waals surface area contributed by atoms with Crippen molar-refractivity contribution in [3.63, 3.8) is 0 Å². The van der Waals surface area contributed by atoms with Gasteiger partial charge in [-0.3, -0.25) is 4.99 Å². The van der Waals surface area contributed by atoms with Crippen LogP contribution in [0.1, 0.15) is 11.1 Å². The lowest BCUT2D eigenvalue weighted by Crippen LogP contribution is -2.03. The summed E-state index contributed by atoms with van der Waals surface area (Å²) in [6, 6.07) is 20.8. The number of hydrogen-bond donors (Lipinski definition) is 1. The Morgan fingerprint density at radius 1 is 0.963 bits per heavy atom. The summed E-state index contributed by atoms with van der Waals surface area (Å²) in [5, 5.41) is 9.86. The molecule has 0 spiro atoms. The second-order valence-corrected chi connectivity index (χ2v) is 6.09. The molecule has 0 saturated carbocycles. The number of nitrogens with zero attached hydrogens (tertiary/aromatic N) is 1. The Kier molecular flexibility index (Phi) is 6.02. The lowest BCUT2D eigenvalue weighted by atomic mass is 10.2.